The summed E-state index contributed by atoms with van der Waals surface area (Å²) in [5.41, 5.74) is -0.0578. The zero-order valence-electron chi connectivity index (χ0n) is 12.1. The van der Waals surface area contributed by atoms with Gasteiger partial charge in [-0.25, -0.2) is 4.98 Å². The van der Waals surface area contributed by atoms with Crippen LogP contribution in [0.5, 0.6) is 0 Å². The second-order valence-corrected chi connectivity index (χ2v) is 5.31. The molecule has 0 amide bonds. The lowest BCUT2D eigenvalue weighted by molar-refractivity contribution is 0.350. The largest absolute Gasteiger partial charge is 0.356 e. The summed E-state index contributed by atoms with van der Waals surface area (Å²) >= 11 is 0. The minimum atomic E-state index is -0.0578. The van der Waals surface area contributed by atoms with Crippen LogP contribution in [0.3, 0.4) is 0 Å². The molecule has 1 fully saturated rings. The summed E-state index contributed by atoms with van der Waals surface area (Å²) in [7, 11) is 4.08. The molecule has 0 aromatic carbocycles. The van der Waals surface area contributed by atoms with Gasteiger partial charge >= 0.3 is 0 Å². The van der Waals surface area contributed by atoms with Crippen LogP contribution in [0.4, 0.5) is 5.82 Å². The highest BCUT2D eigenvalue weighted by Gasteiger charge is 2.24. The lowest BCUT2D eigenvalue weighted by Crippen LogP contribution is -2.40. The van der Waals surface area contributed by atoms with Crippen molar-refractivity contribution in [1.82, 2.24) is 15.3 Å². The second-order valence-electron chi connectivity index (χ2n) is 5.31. The van der Waals surface area contributed by atoms with Gasteiger partial charge < -0.3 is 15.2 Å². The summed E-state index contributed by atoms with van der Waals surface area (Å²) in [6.07, 6.45) is 5.43. The predicted molar refractivity (Wildman–Crippen MR) is 77.7 cm³/mol. The monoisotopic (exact) mass is 264 g/mol. The Balaban J connectivity index is 2.09. The average molecular weight is 264 g/mol. The predicted octanol–water partition coefficient (Wildman–Crippen LogP) is 1.30. The summed E-state index contributed by atoms with van der Waals surface area (Å²) in [4.78, 5) is 21.1. The zero-order chi connectivity index (χ0) is 13.8. The Hall–Kier alpha value is -1.36. The van der Waals surface area contributed by atoms with Gasteiger partial charge in [0.15, 0.2) is 0 Å². The molecule has 19 heavy (non-hydrogen) atoms. The first-order valence-corrected chi connectivity index (χ1v) is 7.14. The van der Waals surface area contributed by atoms with E-state index in [0.29, 0.717) is 12.1 Å². The molecule has 0 radical (unpaired) electrons. The first kappa shape index (κ1) is 14.1. The molecule has 1 aliphatic rings. The molecule has 0 spiro atoms. The van der Waals surface area contributed by atoms with Crippen LogP contribution < -0.4 is 15.8 Å². The van der Waals surface area contributed by atoms with Crippen LogP contribution in [0.2, 0.25) is 0 Å². The van der Waals surface area contributed by atoms with Crippen LogP contribution in [-0.4, -0.2) is 36.1 Å². The Bertz CT molecular complexity index is 463. The molecule has 0 aliphatic heterocycles. The summed E-state index contributed by atoms with van der Waals surface area (Å²) in [5.74, 6) is 1.56. The van der Waals surface area contributed by atoms with E-state index in [2.05, 4.69) is 20.2 Å². The molecule has 2 N–H and O–H groups in total. The fourth-order valence-electron chi connectivity index (χ4n) is 2.78. The number of H-pyrrole nitrogens is 1. The number of aromatic amines is 1. The SMILES string of the molecule is CCc1nc(N(C)C2CCC(NC)CC2)cc(=O)[nH]1. The van der Waals surface area contributed by atoms with Crippen molar-refractivity contribution < 1.29 is 0 Å². The lowest BCUT2D eigenvalue weighted by Gasteiger charge is -2.35. The van der Waals surface area contributed by atoms with Gasteiger partial charge in [0.05, 0.1) is 0 Å². The Morgan fingerprint density at radius 1 is 1.42 bits per heavy atom. The van der Waals surface area contributed by atoms with Crippen molar-refractivity contribution in [2.24, 2.45) is 0 Å². The molecule has 0 unspecified atom stereocenters. The topological polar surface area (TPSA) is 61.0 Å². The molecular weight excluding hydrogens is 240 g/mol. The molecule has 1 saturated carbocycles. The van der Waals surface area contributed by atoms with E-state index in [1.54, 1.807) is 6.07 Å². The number of hydrogen-bond acceptors (Lipinski definition) is 4. The molecule has 2 rings (SSSR count). The number of nitrogens with zero attached hydrogens (tertiary/aromatic N) is 2. The highest BCUT2D eigenvalue weighted by Crippen LogP contribution is 2.24. The quantitative estimate of drug-likeness (QED) is 0.860. The van der Waals surface area contributed by atoms with Crippen LogP contribution in [0.1, 0.15) is 38.4 Å². The van der Waals surface area contributed by atoms with Gasteiger partial charge in [-0.3, -0.25) is 4.79 Å². The van der Waals surface area contributed by atoms with Crippen molar-refractivity contribution in [2.75, 3.05) is 19.0 Å². The van der Waals surface area contributed by atoms with Crippen molar-refractivity contribution >= 4 is 5.82 Å². The van der Waals surface area contributed by atoms with Crippen molar-refractivity contribution in [3.63, 3.8) is 0 Å². The first-order valence-electron chi connectivity index (χ1n) is 7.14. The van der Waals surface area contributed by atoms with Gasteiger partial charge in [0.2, 0.25) is 0 Å². The highest BCUT2D eigenvalue weighted by molar-refractivity contribution is 5.37. The Morgan fingerprint density at radius 2 is 2.11 bits per heavy atom. The van der Waals surface area contributed by atoms with Gasteiger partial charge in [-0.1, -0.05) is 6.92 Å². The van der Waals surface area contributed by atoms with Crippen LogP contribution in [-0.2, 0) is 6.42 Å². The third-order valence-electron chi connectivity index (χ3n) is 4.13. The van der Waals surface area contributed by atoms with E-state index in [0.717, 1.165) is 30.9 Å². The molecule has 5 heteroatoms. The fraction of sp³-hybridized carbons (Fsp3) is 0.714. The van der Waals surface area contributed by atoms with Crippen LogP contribution >= 0.6 is 0 Å². The number of nitrogens with one attached hydrogen (secondary N) is 2. The van der Waals surface area contributed by atoms with E-state index in [4.69, 9.17) is 0 Å². The molecule has 0 saturated heterocycles. The van der Waals surface area contributed by atoms with Crippen LogP contribution in [0.15, 0.2) is 10.9 Å². The molecule has 1 aromatic rings. The van der Waals surface area contributed by atoms with E-state index < -0.39 is 0 Å². The molecule has 5 nitrogen and oxygen atoms in total. The molecule has 0 atom stereocenters. The van der Waals surface area contributed by atoms with E-state index in [1.807, 2.05) is 21.0 Å². The number of anilines is 1. The molecule has 1 aromatic heterocycles. The standard InChI is InChI=1S/C14H24N4O/c1-4-12-16-13(9-14(19)17-12)18(3)11-7-5-10(15-2)6-8-11/h9-11,15H,4-8H2,1-3H3,(H,16,17,19). The smallest absolute Gasteiger partial charge is 0.252 e. The third-order valence-corrected chi connectivity index (χ3v) is 4.13. The van der Waals surface area contributed by atoms with Gasteiger partial charge in [0.1, 0.15) is 11.6 Å². The normalized spacial score (nSPS) is 23.3. The maximum atomic E-state index is 11.6. The molecule has 106 valence electrons. The number of rotatable bonds is 4. The maximum Gasteiger partial charge on any atom is 0.252 e. The average Bonchev–Trinajstić information content (AvgIpc) is 2.46. The van der Waals surface area contributed by atoms with E-state index in [9.17, 15) is 4.79 Å². The summed E-state index contributed by atoms with van der Waals surface area (Å²) in [6, 6.07) is 2.73. The molecular formula is C14H24N4O. The van der Waals surface area contributed by atoms with Crippen LogP contribution in [0.25, 0.3) is 0 Å². The van der Waals surface area contributed by atoms with Crippen LogP contribution in [0, 0.1) is 0 Å². The Morgan fingerprint density at radius 3 is 2.68 bits per heavy atom. The maximum absolute atomic E-state index is 11.6. The van der Waals surface area contributed by atoms with Gasteiger partial charge in [-0.2, -0.15) is 0 Å². The fourth-order valence-corrected chi connectivity index (χ4v) is 2.78. The van der Waals surface area contributed by atoms with Gasteiger partial charge in [0, 0.05) is 31.6 Å². The Labute approximate surface area is 114 Å². The zero-order valence-corrected chi connectivity index (χ0v) is 12.1. The summed E-state index contributed by atoms with van der Waals surface area (Å²) in [5, 5.41) is 3.34. The molecule has 0 bridgehead atoms. The van der Waals surface area contributed by atoms with Gasteiger partial charge in [-0.15, -0.1) is 0 Å². The summed E-state index contributed by atoms with van der Waals surface area (Å²) in [6.45, 7) is 2.00. The number of aryl methyl sites for hydroxylation is 1. The van der Waals surface area contributed by atoms with Gasteiger partial charge in [-0.05, 0) is 32.7 Å². The highest BCUT2D eigenvalue weighted by atomic mass is 16.1. The van der Waals surface area contributed by atoms with Crippen molar-refractivity contribution in [2.45, 2.75) is 51.1 Å². The number of hydrogen-bond donors (Lipinski definition) is 2. The number of aromatic nitrogens is 2. The lowest BCUT2D eigenvalue weighted by atomic mass is 9.90. The third kappa shape index (κ3) is 3.35. The van der Waals surface area contributed by atoms with Crippen molar-refractivity contribution in [3.8, 4) is 0 Å². The minimum absolute atomic E-state index is 0.0578. The van der Waals surface area contributed by atoms with E-state index >= 15 is 0 Å². The summed E-state index contributed by atoms with van der Waals surface area (Å²) < 4.78 is 0. The van der Waals surface area contributed by atoms with Crippen molar-refractivity contribution in [1.29, 1.82) is 0 Å². The molecule has 1 heterocycles. The Kier molecular flexibility index (Phi) is 4.58. The minimum Gasteiger partial charge on any atom is -0.356 e. The van der Waals surface area contributed by atoms with E-state index in [-0.39, 0.29) is 5.56 Å². The van der Waals surface area contributed by atoms with E-state index in [1.165, 1.54) is 12.8 Å². The first-order chi connectivity index (χ1) is 9.13. The molecule has 1 aliphatic carbocycles. The van der Waals surface area contributed by atoms with Gasteiger partial charge in [0.25, 0.3) is 5.56 Å². The van der Waals surface area contributed by atoms with Crippen molar-refractivity contribution in [3.05, 3.63) is 22.2 Å². The second kappa shape index (κ2) is 6.19.